The Morgan fingerprint density at radius 2 is 1.54 bits per heavy atom. The lowest BCUT2D eigenvalue weighted by molar-refractivity contribution is -0.141. The first-order chi connectivity index (χ1) is 18.5. The monoisotopic (exact) mass is 539 g/mol. The maximum absolute atomic E-state index is 13.9. The fourth-order valence-electron chi connectivity index (χ4n) is 4.40. The molecule has 2 unspecified atom stereocenters. The van der Waals surface area contributed by atoms with E-state index in [0.29, 0.717) is 17.7 Å². The average molecular weight is 540 g/mol. The highest BCUT2D eigenvalue weighted by Crippen LogP contribution is 2.27. The van der Waals surface area contributed by atoms with Crippen LogP contribution in [0.15, 0.2) is 48.5 Å². The fourth-order valence-corrected chi connectivity index (χ4v) is 4.40. The third-order valence-corrected chi connectivity index (χ3v) is 6.36. The molecule has 3 amide bonds. The molecule has 3 N–H and O–H groups in total. The van der Waals surface area contributed by atoms with E-state index in [2.05, 4.69) is 17.6 Å². The highest BCUT2D eigenvalue weighted by Gasteiger charge is 2.36. The van der Waals surface area contributed by atoms with E-state index < -0.39 is 36.3 Å². The number of unbranched alkanes of at least 4 members (excludes halogenated alkanes) is 4. The number of aliphatic hydroxyl groups is 1. The number of rotatable bonds is 13. The molecule has 0 fully saturated rings. The molecule has 0 aliphatic rings. The van der Waals surface area contributed by atoms with E-state index in [1.807, 2.05) is 62.4 Å². The zero-order valence-electron chi connectivity index (χ0n) is 24.3. The predicted octanol–water partition coefficient (Wildman–Crippen LogP) is 5.67. The number of para-hydroxylation sites is 1. The molecule has 2 rings (SSSR count). The number of hydrogen-bond acceptors (Lipinski definition) is 5. The lowest BCUT2D eigenvalue weighted by Gasteiger charge is -2.34. The summed E-state index contributed by atoms with van der Waals surface area (Å²) in [4.78, 5) is 41.8. The SMILES string of the molecule is CCCCCCCN(C(=O)C(CO)NC(=O)OC(C)(C)C)C(C(=O)Nc1c(C)cccc1C)c1ccccc1. The maximum Gasteiger partial charge on any atom is 0.408 e. The number of amides is 3. The van der Waals surface area contributed by atoms with Gasteiger partial charge in [-0.05, 0) is 57.7 Å². The molecular weight excluding hydrogens is 494 g/mol. The van der Waals surface area contributed by atoms with Crippen LogP contribution in [-0.2, 0) is 14.3 Å². The molecule has 8 nitrogen and oxygen atoms in total. The van der Waals surface area contributed by atoms with Crippen molar-refractivity contribution in [3.63, 3.8) is 0 Å². The number of hydrogen-bond donors (Lipinski definition) is 3. The Morgan fingerprint density at radius 3 is 2.10 bits per heavy atom. The first kappa shape index (κ1) is 31.8. The summed E-state index contributed by atoms with van der Waals surface area (Å²) in [5.74, 6) is -0.918. The summed E-state index contributed by atoms with van der Waals surface area (Å²) in [6.07, 6.45) is 3.94. The van der Waals surface area contributed by atoms with Crippen LogP contribution in [0.1, 0.15) is 82.5 Å². The molecule has 0 aromatic heterocycles. The van der Waals surface area contributed by atoms with Crippen molar-refractivity contribution in [2.45, 2.75) is 91.3 Å². The quantitative estimate of drug-likeness (QED) is 0.284. The van der Waals surface area contributed by atoms with Crippen LogP contribution in [0, 0.1) is 13.8 Å². The van der Waals surface area contributed by atoms with E-state index in [-0.39, 0.29) is 12.5 Å². The van der Waals surface area contributed by atoms with Crippen LogP contribution < -0.4 is 10.6 Å². The van der Waals surface area contributed by atoms with Crippen LogP contribution in [0.5, 0.6) is 0 Å². The number of alkyl carbamates (subject to hydrolysis) is 1. The summed E-state index contributed by atoms with van der Waals surface area (Å²) in [5, 5.41) is 15.7. The van der Waals surface area contributed by atoms with Gasteiger partial charge in [0.1, 0.15) is 17.7 Å². The Labute approximate surface area is 233 Å². The van der Waals surface area contributed by atoms with Gasteiger partial charge in [-0.15, -0.1) is 0 Å². The van der Waals surface area contributed by atoms with E-state index >= 15 is 0 Å². The number of nitrogens with one attached hydrogen (secondary N) is 2. The zero-order chi connectivity index (χ0) is 29.0. The molecule has 0 saturated heterocycles. The molecule has 0 radical (unpaired) electrons. The van der Waals surface area contributed by atoms with Gasteiger partial charge in [-0.2, -0.15) is 0 Å². The van der Waals surface area contributed by atoms with Gasteiger partial charge >= 0.3 is 6.09 Å². The summed E-state index contributed by atoms with van der Waals surface area (Å²) in [6.45, 7) is 10.8. The molecule has 8 heteroatoms. The number of aryl methyl sites for hydroxylation is 2. The van der Waals surface area contributed by atoms with E-state index in [9.17, 15) is 19.5 Å². The van der Waals surface area contributed by atoms with Gasteiger partial charge in [0.25, 0.3) is 5.91 Å². The third-order valence-electron chi connectivity index (χ3n) is 6.36. The summed E-state index contributed by atoms with van der Waals surface area (Å²) < 4.78 is 5.31. The highest BCUT2D eigenvalue weighted by atomic mass is 16.6. The van der Waals surface area contributed by atoms with Crippen LogP contribution in [0.2, 0.25) is 0 Å². The summed E-state index contributed by atoms with van der Waals surface area (Å²) in [7, 11) is 0. The number of ether oxygens (including phenoxy) is 1. The predicted molar refractivity (Wildman–Crippen MR) is 154 cm³/mol. The fraction of sp³-hybridized carbons (Fsp3) is 0.516. The molecule has 0 aliphatic heterocycles. The summed E-state index contributed by atoms with van der Waals surface area (Å²) in [5.41, 5.74) is 2.38. The second kappa shape index (κ2) is 15.3. The number of aliphatic hydroxyl groups excluding tert-OH is 1. The van der Waals surface area contributed by atoms with E-state index in [1.54, 1.807) is 20.8 Å². The minimum absolute atomic E-state index is 0.286. The molecule has 0 aliphatic carbocycles. The molecule has 39 heavy (non-hydrogen) atoms. The molecule has 214 valence electrons. The van der Waals surface area contributed by atoms with E-state index in [1.165, 1.54) is 4.90 Å². The van der Waals surface area contributed by atoms with Crippen molar-refractivity contribution in [1.82, 2.24) is 10.2 Å². The molecule has 0 bridgehead atoms. The van der Waals surface area contributed by atoms with Gasteiger partial charge in [0.05, 0.1) is 6.61 Å². The Kier molecular flexibility index (Phi) is 12.5. The number of anilines is 1. The number of nitrogens with zero attached hydrogens (tertiary/aromatic N) is 1. The van der Waals surface area contributed by atoms with Crippen molar-refractivity contribution in [1.29, 1.82) is 0 Å². The van der Waals surface area contributed by atoms with E-state index in [0.717, 1.165) is 36.8 Å². The highest BCUT2D eigenvalue weighted by molar-refractivity contribution is 5.99. The first-order valence-electron chi connectivity index (χ1n) is 13.8. The van der Waals surface area contributed by atoms with E-state index in [4.69, 9.17) is 4.74 Å². The Balaban J connectivity index is 2.45. The van der Waals surface area contributed by atoms with Crippen molar-refractivity contribution in [2.24, 2.45) is 0 Å². The lowest BCUT2D eigenvalue weighted by Crippen LogP contribution is -2.54. The maximum atomic E-state index is 13.9. The molecule has 2 aromatic carbocycles. The van der Waals surface area contributed by atoms with Crippen molar-refractivity contribution in [2.75, 3.05) is 18.5 Å². The van der Waals surface area contributed by atoms with Gasteiger partial charge in [0.15, 0.2) is 0 Å². The second-order valence-electron chi connectivity index (χ2n) is 10.9. The normalized spacial score (nSPS) is 12.8. The Hall–Kier alpha value is -3.39. The number of benzene rings is 2. The van der Waals surface area contributed by atoms with Crippen molar-refractivity contribution >= 4 is 23.6 Å². The van der Waals surface area contributed by atoms with Gasteiger partial charge in [-0.1, -0.05) is 81.1 Å². The molecule has 0 saturated carbocycles. The topological polar surface area (TPSA) is 108 Å². The zero-order valence-corrected chi connectivity index (χ0v) is 24.3. The van der Waals surface area contributed by atoms with Gasteiger partial charge in [0, 0.05) is 12.2 Å². The van der Waals surface area contributed by atoms with Crippen molar-refractivity contribution < 1.29 is 24.2 Å². The van der Waals surface area contributed by atoms with Gasteiger partial charge < -0.3 is 25.4 Å². The number of carbonyl (C=O) groups is 3. The van der Waals surface area contributed by atoms with Crippen LogP contribution in [0.3, 0.4) is 0 Å². The van der Waals surface area contributed by atoms with Crippen LogP contribution in [-0.4, -0.2) is 52.7 Å². The summed E-state index contributed by atoms with van der Waals surface area (Å²) in [6, 6.07) is 12.6. The van der Waals surface area contributed by atoms with Crippen LogP contribution >= 0.6 is 0 Å². The van der Waals surface area contributed by atoms with Crippen molar-refractivity contribution in [3.05, 3.63) is 65.2 Å². The molecule has 0 spiro atoms. The average Bonchev–Trinajstić information content (AvgIpc) is 2.87. The lowest BCUT2D eigenvalue weighted by atomic mass is 10.0. The number of carbonyl (C=O) groups excluding carboxylic acids is 3. The minimum Gasteiger partial charge on any atom is -0.444 e. The Morgan fingerprint density at radius 1 is 0.923 bits per heavy atom. The van der Waals surface area contributed by atoms with Gasteiger partial charge in [0.2, 0.25) is 5.91 Å². The molecule has 0 heterocycles. The largest absolute Gasteiger partial charge is 0.444 e. The molecule has 2 atom stereocenters. The summed E-state index contributed by atoms with van der Waals surface area (Å²) >= 11 is 0. The first-order valence-corrected chi connectivity index (χ1v) is 13.8. The molecular formula is C31H45N3O5. The molecule has 2 aromatic rings. The minimum atomic E-state index is -1.27. The van der Waals surface area contributed by atoms with Crippen LogP contribution in [0.25, 0.3) is 0 Å². The van der Waals surface area contributed by atoms with Crippen LogP contribution in [0.4, 0.5) is 10.5 Å². The van der Waals surface area contributed by atoms with Gasteiger partial charge in [-0.3, -0.25) is 9.59 Å². The van der Waals surface area contributed by atoms with Crippen molar-refractivity contribution in [3.8, 4) is 0 Å². The standard InChI is InChI=1S/C31H45N3O5/c1-7-8-9-10-14-20-34(29(37)25(21-35)32-30(38)39-31(4,5)6)27(24-18-12-11-13-19-24)28(36)33-26-22(2)16-15-17-23(26)3/h11-13,15-19,25,27,35H,7-10,14,20-21H2,1-6H3,(H,32,38)(H,33,36). The Bertz CT molecular complexity index is 1060. The second-order valence-corrected chi connectivity index (χ2v) is 10.9. The smallest absolute Gasteiger partial charge is 0.408 e. The van der Waals surface area contributed by atoms with Gasteiger partial charge in [-0.25, -0.2) is 4.79 Å². The third kappa shape index (κ3) is 10.0.